The van der Waals surface area contributed by atoms with Crippen LogP contribution in [0.5, 0.6) is 0 Å². The van der Waals surface area contributed by atoms with Crippen LogP contribution >= 0.6 is 31.9 Å². The fourth-order valence-electron chi connectivity index (χ4n) is 5.28. The van der Waals surface area contributed by atoms with Crippen LogP contribution in [-0.2, 0) is 6.54 Å². The highest BCUT2D eigenvalue weighted by molar-refractivity contribution is 9.11. The molecule has 4 N–H and O–H groups in total. The monoisotopic (exact) mass is 428 g/mol. The van der Waals surface area contributed by atoms with Gasteiger partial charge in [0.25, 0.3) is 0 Å². The Balaban J connectivity index is 1.53. The van der Waals surface area contributed by atoms with Gasteiger partial charge in [0.2, 0.25) is 0 Å². The molecule has 5 heteroatoms. The highest BCUT2D eigenvalue weighted by Gasteiger charge is 2.54. The maximum atomic E-state index is 10.4. The lowest BCUT2D eigenvalue weighted by molar-refractivity contribution is -0.112. The van der Waals surface area contributed by atoms with E-state index in [0.717, 1.165) is 45.5 Å². The fourth-order valence-corrected chi connectivity index (χ4v) is 6.59. The molecule has 0 heterocycles. The minimum atomic E-state index is -0.0587. The van der Waals surface area contributed by atoms with Gasteiger partial charge in [-0.25, -0.2) is 0 Å². The van der Waals surface area contributed by atoms with E-state index < -0.39 is 0 Å². The number of anilines is 1. The third-order valence-corrected chi connectivity index (χ3v) is 7.17. The summed E-state index contributed by atoms with van der Waals surface area (Å²) in [4.78, 5) is 0. The number of benzene rings is 1. The van der Waals surface area contributed by atoms with E-state index in [2.05, 4.69) is 43.2 Å². The minimum absolute atomic E-state index is 0.0587. The molecule has 0 aliphatic heterocycles. The van der Waals surface area contributed by atoms with Crippen molar-refractivity contribution in [3.05, 3.63) is 26.6 Å². The Morgan fingerprint density at radius 3 is 2.55 bits per heavy atom. The molecule has 4 saturated carbocycles. The van der Waals surface area contributed by atoms with Crippen molar-refractivity contribution >= 4 is 37.5 Å². The molecule has 4 bridgehead atoms. The second kappa shape index (κ2) is 5.47. The van der Waals surface area contributed by atoms with Gasteiger partial charge in [0, 0.05) is 21.0 Å². The fraction of sp³-hybridized carbons (Fsp3) is 0.647. The predicted octanol–water partition coefficient (Wildman–Crippen LogP) is 3.82. The standard InChI is InChI=1S/C17H22Br2N2O/c18-13-3-12(15(20)14(19)4-13)8-21-17-5-9-1-10(6-17)16(22)11(2-9)7-17/h3-4,9-11,16,21-22H,1-2,5-8,20H2. The number of nitrogens with one attached hydrogen (secondary N) is 1. The van der Waals surface area contributed by atoms with Crippen molar-refractivity contribution in [1.82, 2.24) is 5.32 Å². The number of rotatable bonds is 3. The Labute approximate surface area is 148 Å². The van der Waals surface area contributed by atoms with E-state index in [1.807, 2.05) is 6.07 Å². The zero-order valence-electron chi connectivity index (χ0n) is 12.5. The molecule has 2 atom stereocenters. The smallest absolute Gasteiger partial charge is 0.0598 e. The van der Waals surface area contributed by atoms with Crippen LogP contribution in [0.2, 0.25) is 0 Å². The van der Waals surface area contributed by atoms with Crippen molar-refractivity contribution in [3.63, 3.8) is 0 Å². The lowest BCUT2D eigenvalue weighted by atomic mass is 9.52. The molecule has 1 aromatic rings. The van der Waals surface area contributed by atoms with Gasteiger partial charge in [-0.3, -0.25) is 0 Å². The van der Waals surface area contributed by atoms with Gasteiger partial charge < -0.3 is 16.2 Å². The number of nitrogens with two attached hydrogens (primary N) is 1. The Morgan fingerprint density at radius 1 is 1.18 bits per heavy atom. The molecule has 0 amide bonds. The molecule has 4 aliphatic rings. The van der Waals surface area contributed by atoms with Crippen molar-refractivity contribution in [2.24, 2.45) is 17.8 Å². The van der Waals surface area contributed by atoms with Gasteiger partial charge in [0.15, 0.2) is 0 Å². The molecular weight excluding hydrogens is 408 g/mol. The van der Waals surface area contributed by atoms with Crippen molar-refractivity contribution in [2.75, 3.05) is 5.73 Å². The molecule has 0 saturated heterocycles. The van der Waals surface area contributed by atoms with E-state index in [9.17, 15) is 5.11 Å². The molecule has 4 aliphatic carbocycles. The highest BCUT2D eigenvalue weighted by atomic mass is 79.9. The molecule has 1 aromatic carbocycles. The molecule has 3 nitrogen and oxygen atoms in total. The summed E-state index contributed by atoms with van der Waals surface area (Å²) in [6, 6.07) is 4.09. The summed E-state index contributed by atoms with van der Waals surface area (Å²) >= 11 is 7.07. The third-order valence-electron chi connectivity index (χ3n) is 6.06. The molecule has 22 heavy (non-hydrogen) atoms. The molecule has 0 spiro atoms. The highest BCUT2D eigenvalue weighted by Crippen LogP contribution is 2.55. The molecule has 5 rings (SSSR count). The first-order valence-electron chi connectivity index (χ1n) is 8.12. The third kappa shape index (κ3) is 2.54. The van der Waals surface area contributed by atoms with E-state index in [4.69, 9.17) is 5.73 Å². The van der Waals surface area contributed by atoms with Gasteiger partial charge in [0.1, 0.15) is 0 Å². The first kappa shape index (κ1) is 15.4. The molecule has 0 aromatic heterocycles. The van der Waals surface area contributed by atoms with Gasteiger partial charge in [-0.1, -0.05) is 15.9 Å². The van der Waals surface area contributed by atoms with Gasteiger partial charge >= 0.3 is 0 Å². The number of halogens is 2. The van der Waals surface area contributed by atoms with Crippen molar-refractivity contribution < 1.29 is 5.11 Å². The van der Waals surface area contributed by atoms with Crippen LogP contribution in [0.3, 0.4) is 0 Å². The number of hydrogen-bond acceptors (Lipinski definition) is 3. The average molecular weight is 430 g/mol. The Morgan fingerprint density at radius 2 is 1.86 bits per heavy atom. The zero-order valence-corrected chi connectivity index (χ0v) is 15.7. The average Bonchev–Trinajstić information content (AvgIpc) is 2.46. The van der Waals surface area contributed by atoms with Gasteiger partial charge in [-0.2, -0.15) is 0 Å². The summed E-state index contributed by atoms with van der Waals surface area (Å²) in [6.07, 6.45) is 5.91. The van der Waals surface area contributed by atoms with Crippen LogP contribution < -0.4 is 11.1 Å². The molecule has 120 valence electrons. The first-order valence-corrected chi connectivity index (χ1v) is 9.71. The lowest BCUT2D eigenvalue weighted by Crippen LogP contribution is -2.62. The Kier molecular flexibility index (Phi) is 3.84. The summed E-state index contributed by atoms with van der Waals surface area (Å²) < 4.78 is 1.99. The second-order valence-corrected chi connectivity index (χ2v) is 9.32. The molecule has 4 fully saturated rings. The van der Waals surface area contributed by atoms with Crippen molar-refractivity contribution in [3.8, 4) is 0 Å². The molecular formula is C17H22Br2N2O. The maximum absolute atomic E-state index is 10.4. The normalized spacial score (nSPS) is 39.4. The number of aliphatic hydroxyl groups excluding tert-OH is 1. The summed E-state index contributed by atoms with van der Waals surface area (Å²) in [5.41, 5.74) is 8.38. The quantitative estimate of drug-likeness (QED) is 0.640. The van der Waals surface area contributed by atoms with E-state index in [1.165, 1.54) is 19.3 Å². The number of aliphatic hydroxyl groups is 1. The van der Waals surface area contributed by atoms with Gasteiger partial charge in [-0.15, -0.1) is 0 Å². The largest absolute Gasteiger partial charge is 0.398 e. The van der Waals surface area contributed by atoms with E-state index in [1.54, 1.807) is 0 Å². The van der Waals surface area contributed by atoms with Crippen LogP contribution in [-0.4, -0.2) is 16.7 Å². The lowest BCUT2D eigenvalue weighted by Gasteiger charge is -2.59. The maximum Gasteiger partial charge on any atom is 0.0598 e. The number of hydrogen-bond donors (Lipinski definition) is 3. The van der Waals surface area contributed by atoms with Crippen LogP contribution in [0.15, 0.2) is 21.1 Å². The summed E-state index contributed by atoms with van der Waals surface area (Å²) in [6.45, 7) is 0.798. The second-order valence-electron chi connectivity index (χ2n) is 7.55. The Bertz CT molecular complexity index is 591. The summed E-state index contributed by atoms with van der Waals surface area (Å²) in [7, 11) is 0. The molecule has 0 radical (unpaired) electrons. The summed E-state index contributed by atoms with van der Waals surface area (Å²) in [5, 5.41) is 14.2. The zero-order chi connectivity index (χ0) is 15.5. The van der Waals surface area contributed by atoms with Crippen LogP contribution in [0.25, 0.3) is 0 Å². The van der Waals surface area contributed by atoms with E-state index >= 15 is 0 Å². The van der Waals surface area contributed by atoms with E-state index in [0.29, 0.717) is 11.8 Å². The van der Waals surface area contributed by atoms with Crippen LogP contribution in [0.4, 0.5) is 5.69 Å². The van der Waals surface area contributed by atoms with Gasteiger partial charge in [-0.05, 0) is 83.5 Å². The minimum Gasteiger partial charge on any atom is -0.398 e. The molecule has 2 unspecified atom stereocenters. The summed E-state index contributed by atoms with van der Waals surface area (Å²) in [5.74, 6) is 1.82. The van der Waals surface area contributed by atoms with Crippen LogP contribution in [0.1, 0.15) is 37.7 Å². The van der Waals surface area contributed by atoms with Crippen LogP contribution in [0, 0.1) is 17.8 Å². The Hall–Kier alpha value is -0.100. The van der Waals surface area contributed by atoms with Crippen molar-refractivity contribution in [1.29, 1.82) is 0 Å². The first-order chi connectivity index (χ1) is 10.5. The van der Waals surface area contributed by atoms with Gasteiger partial charge in [0.05, 0.1) is 11.8 Å². The predicted molar refractivity (Wildman–Crippen MR) is 95.4 cm³/mol. The van der Waals surface area contributed by atoms with E-state index in [-0.39, 0.29) is 11.6 Å². The SMILES string of the molecule is Nc1c(Br)cc(Br)cc1CNC12CC3CC(C1)C(O)C(C3)C2. The van der Waals surface area contributed by atoms with Crippen molar-refractivity contribution in [2.45, 2.75) is 50.3 Å². The number of nitrogen functional groups attached to an aromatic ring is 1. The topological polar surface area (TPSA) is 58.3 Å².